The second-order valence-electron chi connectivity index (χ2n) is 10.1. The summed E-state index contributed by atoms with van der Waals surface area (Å²) >= 11 is 5.82. The molecule has 1 aliphatic rings. The van der Waals surface area contributed by atoms with Gasteiger partial charge in [0, 0.05) is 41.9 Å². The summed E-state index contributed by atoms with van der Waals surface area (Å²) in [4.78, 5) is 31.4. The van der Waals surface area contributed by atoms with Crippen molar-refractivity contribution in [3.05, 3.63) is 113 Å². The maximum Gasteiger partial charge on any atom is 0.335 e. The monoisotopic (exact) mass is 567 g/mol. The summed E-state index contributed by atoms with van der Waals surface area (Å²) < 4.78 is 2.06. The first kappa shape index (κ1) is 28.0. The minimum Gasteiger partial charge on any atom is -0.478 e. The largest absolute Gasteiger partial charge is 0.478 e. The summed E-state index contributed by atoms with van der Waals surface area (Å²) in [6.45, 7) is 6.51. The standard InChI is InChI=1S/C32H33N5O3S/c1-4-22-10-5-6-13-26(22)34-28(38)15-17-36-30(29(35-32(36)41)27-14-7-8-16-33-27)25-18-20(2)37(21(25)3)24-12-9-11-23(19-24)31(39)40/h5-14,16,18-19,29-30H,4,15,17H2,1-3H3,(H,34,38)(H,35,41)(H,39,40). The molecule has 0 bridgehead atoms. The number of nitrogens with zero attached hydrogens (tertiary/aromatic N) is 3. The first-order valence-electron chi connectivity index (χ1n) is 13.7. The predicted octanol–water partition coefficient (Wildman–Crippen LogP) is 5.75. The Hall–Kier alpha value is -4.50. The first-order chi connectivity index (χ1) is 19.8. The van der Waals surface area contributed by atoms with Gasteiger partial charge in [-0.1, -0.05) is 37.3 Å². The van der Waals surface area contributed by atoms with Gasteiger partial charge in [0.1, 0.15) is 0 Å². The van der Waals surface area contributed by atoms with E-state index in [1.807, 2.05) is 62.4 Å². The van der Waals surface area contributed by atoms with Gasteiger partial charge in [0.25, 0.3) is 0 Å². The number of nitrogens with one attached hydrogen (secondary N) is 2. The van der Waals surface area contributed by atoms with Crippen LogP contribution in [0.25, 0.3) is 5.69 Å². The third kappa shape index (κ3) is 5.71. The number of carbonyl (C=O) groups is 2. The number of para-hydroxylation sites is 1. The molecule has 0 spiro atoms. The Bertz CT molecular complexity index is 1600. The summed E-state index contributed by atoms with van der Waals surface area (Å²) in [7, 11) is 0. The zero-order chi connectivity index (χ0) is 29.1. The van der Waals surface area contributed by atoms with Crippen LogP contribution in [0.15, 0.2) is 79.0 Å². The van der Waals surface area contributed by atoms with Gasteiger partial charge in [-0.25, -0.2) is 4.79 Å². The molecule has 210 valence electrons. The number of carboxylic acids is 1. The van der Waals surface area contributed by atoms with Crippen LogP contribution in [0.5, 0.6) is 0 Å². The number of hydrogen-bond donors (Lipinski definition) is 3. The highest BCUT2D eigenvalue weighted by atomic mass is 32.1. The van der Waals surface area contributed by atoms with Crippen molar-refractivity contribution in [1.29, 1.82) is 0 Å². The Balaban J connectivity index is 1.48. The minimum absolute atomic E-state index is 0.0790. The molecule has 4 aromatic rings. The molecule has 0 aliphatic carbocycles. The van der Waals surface area contributed by atoms with Crippen molar-refractivity contribution in [2.24, 2.45) is 0 Å². The van der Waals surface area contributed by atoms with E-state index in [9.17, 15) is 14.7 Å². The average Bonchev–Trinajstić information content (AvgIpc) is 3.46. The van der Waals surface area contributed by atoms with Crippen LogP contribution >= 0.6 is 12.2 Å². The van der Waals surface area contributed by atoms with Gasteiger partial charge in [-0.3, -0.25) is 9.78 Å². The topological polar surface area (TPSA) is 99.5 Å². The highest BCUT2D eigenvalue weighted by molar-refractivity contribution is 7.80. The summed E-state index contributed by atoms with van der Waals surface area (Å²) in [5.41, 5.74) is 6.73. The molecule has 3 heterocycles. The van der Waals surface area contributed by atoms with E-state index < -0.39 is 5.97 Å². The van der Waals surface area contributed by atoms with E-state index in [-0.39, 0.29) is 30.0 Å². The third-order valence-corrected chi connectivity index (χ3v) is 7.94. The predicted molar refractivity (Wildman–Crippen MR) is 163 cm³/mol. The number of pyridine rings is 1. The molecule has 2 atom stereocenters. The van der Waals surface area contributed by atoms with Crippen molar-refractivity contribution in [2.45, 2.75) is 45.7 Å². The van der Waals surface area contributed by atoms with E-state index in [0.717, 1.165) is 46.0 Å². The Morgan fingerprint density at radius 3 is 2.56 bits per heavy atom. The molecule has 5 rings (SSSR count). The molecular formula is C32H33N5O3S. The van der Waals surface area contributed by atoms with Crippen LogP contribution in [0.1, 0.15) is 64.0 Å². The Labute approximate surface area is 245 Å². The quantitative estimate of drug-likeness (QED) is 0.222. The first-order valence-corrected chi connectivity index (χ1v) is 14.1. The number of amides is 1. The summed E-state index contributed by atoms with van der Waals surface area (Å²) in [5, 5.41) is 16.6. The zero-order valence-electron chi connectivity index (χ0n) is 23.3. The number of anilines is 1. The molecule has 3 N–H and O–H groups in total. The summed E-state index contributed by atoms with van der Waals surface area (Å²) in [5.74, 6) is -1.05. The Morgan fingerprint density at radius 2 is 1.83 bits per heavy atom. The number of aromatic nitrogens is 2. The molecule has 1 amide bonds. The smallest absolute Gasteiger partial charge is 0.335 e. The van der Waals surface area contributed by atoms with Gasteiger partial charge < -0.3 is 25.2 Å². The van der Waals surface area contributed by atoms with Crippen LogP contribution in [0.4, 0.5) is 5.69 Å². The SMILES string of the molecule is CCc1ccccc1NC(=O)CCN1C(=S)NC(c2ccccn2)C1c1cc(C)n(-c2cccc(C(=O)O)c2)c1C. The Kier molecular flexibility index (Phi) is 8.16. The van der Waals surface area contributed by atoms with Crippen molar-refractivity contribution in [1.82, 2.24) is 19.8 Å². The molecule has 0 radical (unpaired) electrons. The van der Waals surface area contributed by atoms with Crippen LogP contribution in [0.2, 0.25) is 0 Å². The lowest BCUT2D eigenvalue weighted by atomic mass is 9.96. The molecule has 1 saturated heterocycles. The van der Waals surface area contributed by atoms with Gasteiger partial charge in [0.15, 0.2) is 5.11 Å². The second kappa shape index (κ2) is 11.9. The number of hydrogen-bond acceptors (Lipinski definition) is 4. The summed E-state index contributed by atoms with van der Waals surface area (Å²) in [6.07, 6.45) is 2.85. The van der Waals surface area contributed by atoms with Crippen LogP contribution in [-0.4, -0.2) is 43.1 Å². The van der Waals surface area contributed by atoms with Gasteiger partial charge in [-0.2, -0.15) is 0 Å². The van der Waals surface area contributed by atoms with E-state index in [0.29, 0.717) is 11.7 Å². The fraction of sp³-hybridized carbons (Fsp3) is 0.250. The van der Waals surface area contributed by atoms with Gasteiger partial charge in [-0.05, 0) is 86.1 Å². The molecule has 1 fully saturated rings. The number of aryl methyl sites for hydroxylation is 2. The van der Waals surface area contributed by atoms with Crippen LogP contribution in [0, 0.1) is 13.8 Å². The molecule has 41 heavy (non-hydrogen) atoms. The molecule has 9 heteroatoms. The number of rotatable bonds is 9. The lowest BCUT2D eigenvalue weighted by molar-refractivity contribution is -0.116. The van der Waals surface area contributed by atoms with E-state index in [2.05, 4.69) is 38.1 Å². The van der Waals surface area contributed by atoms with E-state index in [4.69, 9.17) is 12.2 Å². The molecule has 0 saturated carbocycles. The molecular weight excluding hydrogens is 534 g/mol. The van der Waals surface area contributed by atoms with Crippen LogP contribution in [0.3, 0.4) is 0 Å². The molecule has 1 aliphatic heterocycles. The fourth-order valence-corrected chi connectivity index (χ4v) is 5.96. The van der Waals surface area contributed by atoms with Gasteiger partial charge in [0.2, 0.25) is 5.91 Å². The maximum atomic E-state index is 13.1. The van der Waals surface area contributed by atoms with Gasteiger partial charge in [0.05, 0.1) is 23.3 Å². The van der Waals surface area contributed by atoms with Crippen molar-refractivity contribution in [3.8, 4) is 5.69 Å². The number of carboxylic acid groups (broad SMARTS) is 1. The lowest BCUT2D eigenvalue weighted by Crippen LogP contribution is -2.33. The van der Waals surface area contributed by atoms with Gasteiger partial charge >= 0.3 is 5.97 Å². The molecule has 8 nitrogen and oxygen atoms in total. The molecule has 2 unspecified atom stereocenters. The van der Waals surface area contributed by atoms with Crippen molar-refractivity contribution < 1.29 is 14.7 Å². The molecule has 2 aromatic carbocycles. The van der Waals surface area contributed by atoms with Crippen molar-refractivity contribution in [3.63, 3.8) is 0 Å². The lowest BCUT2D eigenvalue weighted by Gasteiger charge is -2.28. The van der Waals surface area contributed by atoms with E-state index in [1.165, 1.54) is 0 Å². The van der Waals surface area contributed by atoms with Crippen molar-refractivity contribution in [2.75, 3.05) is 11.9 Å². The average molecular weight is 568 g/mol. The molecule has 2 aromatic heterocycles. The van der Waals surface area contributed by atoms with Gasteiger partial charge in [-0.15, -0.1) is 0 Å². The Morgan fingerprint density at radius 1 is 1.05 bits per heavy atom. The number of carbonyl (C=O) groups excluding carboxylic acids is 1. The van der Waals surface area contributed by atoms with Crippen LogP contribution < -0.4 is 10.6 Å². The number of thiocarbonyl (C=S) groups is 1. The highest BCUT2D eigenvalue weighted by Crippen LogP contribution is 2.41. The summed E-state index contributed by atoms with van der Waals surface area (Å²) in [6, 6.07) is 22.2. The second-order valence-corrected chi connectivity index (χ2v) is 10.5. The maximum absolute atomic E-state index is 13.1. The third-order valence-electron chi connectivity index (χ3n) is 7.59. The normalized spacial score (nSPS) is 16.5. The fourth-order valence-electron chi connectivity index (χ4n) is 5.63. The zero-order valence-corrected chi connectivity index (χ0v) is 24.1. The van der Waals surface area contributed by atoms with E-state index in [1.54, 1.807) is 24.4 Å². The minimum atomic E-state index is -0.971. The van der Waals surface area contributed by atoms with E-state index >= 15 is 0 Å². The van der Waals surface area contributed by atoms with Crippen molar-refractivity contribution >= 4 is 34.9 Å². The highest BCUT2D eigenvalue weighted by Gasteiger charge is 2.41. The number of aromatic carboxylic acids is 1. The van der Waals surface area contributed by atoms with Crippen LogP contribution in [-0.2, 0) is 11.2 Å². The number of benzene rings is 2.